The zero-order valence-electron chi connectivity index (χ0n) is 6.24. The molecule has 0 aliphatic carbocycles. The first kappa shape index (κ1) is 9.37. The molecule has 0 spiro atoms. The normalized spacial score (nSPS) is 10.1. The summed E-state index contributed by atoms with van der Waals surface area (Å²) < 4.78 is 27.1. The second-order valence-electron chi connectivity index (χ2n) is 2.05. The number of nitro groups is 1. The summed E-state index contributed by atoms with van der Waals surface area (Å²) in [6.07, 6.45) is 0. The second kappa shape index (κ2) is 3.79. The number of non-ortho nitro benzene ring substituents is 1. The molecule has 1 aromatic rings. The van der Waals surface area contributed by atoms with Gasteiger partial charge < -0.3 is 4.74 Å². The number of hydrogen-bond acceptors (Lipinski definition) is 3. The Bertz CT molecular complexity index is 299. The first-order valence-corrected chi connectivity index (χ1v) is 3.20. The summed E-state index contributed by atoms with van der Waals surface area (Å²) in [5.74, 6) is -0.222. The van der Waals surface area contributed by atoms with Gasteiger partial charge in [-0.05, 0) is 6.07 Å². The molecule has 69 valence electrons. The first-order valence-electron chi connectivity index (χ1n) is 3.20. The number of hydrogen-bond donors (Lipinski definition) is 0. The molecule has 0 atom stereocenters. The largest absolute Gasteiger partial charge is 0.434 e. The van der Waals surface area contributed by atoms with Gasteiger partial charge >= 0.3 is 6.61 Å². The van der Waals surface area contributed by atoms with Crippen molar-refractivity contribution in [3.8, 4) is 5.75 Å². The van der Waals surface area contributed by atoms with Gasteiger partial charge in [0.25, 0.3) is 5.69 Å². The molecule has 0 N–H and O–H groups in total. The summed E-state index contributed by atoms with van der Waals surface area (Å²) in [7, 11) is 0. The van der Waals surface area contributed by atoms with E-state index in [4.69, 9.17) is 0 Å². The highest BCUT2D eigenvalue weighted by atomic mass is 19.3. The number of halogens is 2. The second-order valence-corrected chi connectivity index (χ2v) is 2.05. The fourth-order valence-electron chi connectivity index (χ4n) is 0.685. The number of benzene rings is 1. The predicted octanol–water partition coefficient (Wildman–Crippen LogP) is 2.00. The molecule has 0 fully saturated rings. The third-order valence-corrected chi connectivity index (χ3v) is 1.19. The van der Waals surface area contributed by atoms with Gasteiger partial charge in [0.1, 0.15) is 5.75 Å². The van der Waals surface area contributed by atoms with Crippen molar-refractivity contribution in [3.63, 3.8) is 0 Å². The minimum absolute atomic E-state index is 0.221. The van der Waals surface area contributed by atoms with Gasteiger partial charge in [-0.25, -0.2) is 0 Å². The van der Waals surface area contributed by atoms with Crippen molar-refractivity contribution in [1.82, 2.24) is 0 Å². The van der Waals surface area contributed by atoms with Gasteiger partial charge in [0.05, 0.1) is 4.92 Å². The lowest BCUT2D eigenvalue weighted by Gasteiger charge is -2.01. The fraction of sp³-hybridized carbons (Fsp3) is 0.143. The van der Waals surface area contributed by atoms with Crippen LogP contribution in [0.15, 0.2) is 18.2 Å². The van der Waals surface area contributed by atoms with Crippen molar-refractivity contribution < 1.29 is 18.4 Å². The number of rotatable bonds is 3. The number of nitrogens with zero attached hydrogens (tertiary/aromatic N) is 1. The Labute approximate surface area is 71.9 Å². The molecule has 1 radical (unpaired) electrons. The molecule has 6 heteroatoms. The Hall–Kier alpha value is -1.72. The van der Waals surface area contributed by atoms with Crippen LogP contribution >= 0.6 is 0 Å². The van der Waals surface area contributed by atoms with Crippen molar-refractivity contribution in [3.05, 3.63) is 34.4 Å². The van der Waals surface area contributed by atoms with Crippen molar-refractivity contribution >= 4 is 5.69 Å². The van der Waals surface area contributed by atoms with E-state index in [0.29, 0.717) is 0 Å². The highest BCUT2D eigenvalue weighted by Gasteiger charge is 2.07. The van der Waals surface area contributed by atoms with E-state index >= 15 is 0 Å². The monoisotopic (exact) mass is 188 g/mol. The number of alkyl halides is 2. The molecule has 1 aromatic carbocycles. The van der Waals surface area contributed by atoms with Gasteiger partial charge in [0.2, 0.25) is 0 Å². The third kappa shape index (κ3) is 2.66. The summed E-state index contributed by atoms with van der Waals surface area (Å²) in [6.45, 7) is -2.95. The van der Waals surface area contributed by atoms with E-state index in [0.717, 1.165) is 18.2 Å². The Morgan fingerprint density at radius 1 is 1.54 bits per heavy atom. The van der Waals surface area contributed by atoms with E-state index in [9.17, 15) is 18.9 Å². The molecule has 0 aromatic heterocycles. The number of nitro benzene ring substituents is 1. The lowest BCUT2D eigenvalue weighted by molar-refractivity contribution is -0.384. The van der Waals surface area contributed by atoms with E-state index < -0.39 is 11.5 Å². The maximum Gasteiger partial charge on any atom is 0.387 e. The molecular weight excluding hydrogens is 184 g/mol. The van der Waals surface area contributed by atoms with E-state index in [1.54, 1.807) is 0 Å². The maximum atomic E-state index is 11.6. The van der Waals surface area contributed by atoms with E-state index in [2.05, 4.69) is 10.8 Å². The Balaban J connectivity index is 2.75. The van der Waals surface area contributed by atoms with Gasteiger partial charge in [-0.3, -0.25) is 10.1 Å². The van der Waals surface area contributed by atoms with E-state index in [-0.39, 0.29) is 11.4 Å². The maximum absolute atomic E-state index is 11.6. The zero-order chi connectivity index (χ0) is 9.84. The molecule has 0 aliphatic rings. The highest BCUT2D eigenvalue weighted by Crippen LogP contribution is 2.17. The standard InChI is InChI=1S/C7H4F2NO3/c8-7(9)13-6-3-1-5(2-4-6)10(11)12/h1-3,7H. The molecule has 0 amide bonds. The van der Waals surface area contributed by atoms with Crippen molar-refractivity contribution in [2.45, 2.75) is 6.61 Å². The summed E-state index contributed by atoms with van der Waals surface area (Å²) in [4.78, 5) is 9.48. The lowest BCUT2D eigenvalue weighted by atomic mass is 10.3. The summed E-state index contributed by atoms with van der Waals surface area (Å²) >= 11 is 0. The summed E-state index contributed by atoms with van der Waals surface area (Å²) in [5, 5.41) is 10.1. The van der Waals surface area contributed by atoms with Gasteiger partial charge in [0.15, 0.2) is 0 Å². The van der Waals surface area contributed by atoms with Crippen LogP contribution in [0.4, 0.5) is 14.5 Å². The highest BCUT2D eigenvalue weighted by molar-refractivity contribution is 5.34. The Morgan fingerprint density at radius 3 is 2.62 bits per heavy atom. The van der Waals surface area contributed by atoms with Crippen molar-refractivity contribution in [1.29, 1.82) is 0 Å². The average Bonchev–Trinajstić information content (AvgIpc) is 2.04. The summed E-state index contributed by atoms with van der Waals surface area (Å²) in [5.41, 5.74) is -0.221. The summed E-state index contributed by atoms with van der Waals surface area (Å²) in [6, 6.07) is 5.30. The minimum atomic E-state index is -2.95. The molecule has 0 heterocycles. The zero-order valence-corrected chi connectivity index (χ0v) is 6.24. The number of ether oxygens (including phenoxy) is 1. The molecule has 0 aliphatic heterocycles. The first-order chi connectivity index (χ1) is 6.09. The van der Waals surface area contributed by atoms with E-state index in [1.807, 2.05) is 0 Å². The minimum Gasteiger partial charge on any atom is -0.434 e. The molecule has 0 bridgehead atoms. The predicted molar refractivity (Wildman–Crippen MR) is 38.6 cm³/mol. The molecular formula is C7H4F2NO3. The van der Waals surface area contributed by atoms with Gasteiger partial charge in [0, 0.05) is 18.2 Å². The van der Waals surface area contributed by atoms with Crippen LogP contribution < -0.4 is 4.74 Å². The van der Waals surface area contributed by atoms with Crippen LogP contribution in [-0.2, 0) is 0 Å². The van der Waals surface area contributed by atoms with Crippen LogP contribution in [0.1, 0.15) is 0 Å². The Morgan fingerprint density at radius 2 is 2.23 bits per heavy atom. The lowest BCUT2D eigenvalue weighted by Crippen LogP contribution is -2.01. The van der Waals surface area contributed by atoms with Crippen molar-refractivity contribution in [2.75, 3.05) is 0 Å². The van der Waals surface area contributed by atoms with Gasteiger partial charge in [-0.15, -0.1) is 0 Å². The third-order valence-electron chi connectivity index (χ3n) is 1.19. The quantitative estimate of drug-likeness (QED) is 0.538. The SMILES string of the molecule is O=[N+]([O-])c1c[c]c(OC(F)F)cc1. The van der Waals surface area contributed by atoms with Crippen LogP contribution in [0.5, 0.6) is 5.75 Å². The Kier molecular flexibility index (Phi) is 2.73. The van der Waals surface area contributed by atoms with E-state index in [1.165, 1.54) is 0 Å². The van der Waals surface area contributed by atoms with Crippen LogP contribution in [0.25, 0.3) is 0 Å². The average molecular weight is 188 g/mol. The molecule has 4 nitrogen and oxygen atoms in total. The van der Waals surface area contributed by atoms with Crippen LogP contribution in [0.3, 0.4) is 0 Å². The van der Waals surface area contributed by atoms with Gasteiger partial charge in [-0.1, -0.05) is 0 Å². The smallest absolute Gasteiger partial charge is 0.387 e. The fourth-order valence-corrected chi connectivity index (χ4v) is 0.685. The topological polar surface area (TPSA) is 52.4 Å². The van der Waals surface area contributed by atoms with Crippen LogP contribution in [-0.4, -0.2) is 11.5 Å². The van der Waals surface area contributed by atoms with Crippen molar-refractivity contribution in [2.24, 2.45) is 0 Å². The molecule has 0 saturated carbocycles. The van der Waals surface area contributed by atoms with Gasteiger partial charge in [-0.2, -0.15) is 8.78 Å². The van der Waals surface area contributed by atoms with Crippen LogP contribution in [0, 0.1) is 16.2 Å². The van der Waals surface area contributed by atoms with Crippen LogP contribution in [0.2, 0.25) is 0 Å². The molecule has 0 unspecified atom stereocenters. The molecule has 1 rings (SSSR count). The molecule has 0 saturated heterocycles. The molecule has 13 heavy (non-hydrogen) atoms.